The Morgan fingerprint density at radius 2 is 2.20 bits per heavy atom. The smallest absolute Gasteiger partial charge is 0.341 e. The van der Waals surface area contributed by atoms with Gasteiger partial charge in [-0.25, -0.2) is 4.79 Å². The third-order valence-corrected chi connectivity index (χ3v) is 3.09. The van der Waals surface area contributed by atoms with Gasteiger partial charge in [0.15, 0.2) is 0 Å². The predicted octanol–water partition coefficient (Wildman–Crippen LogP) is 2.07. The molecule has 6 nitrogen and oxygen atoms in total. The Balaban J connectivity index is 2.56. The first-order chi connectivity index (χ1) is 9.45. The molecule has 0 saturated carbocycles. The molecule has 102 valence electrons. The van der Waals surface area contributed by atoms with Gasteiger partial charge in [0, 0.05) is 19.8 Å². The summed E-state index contributed by atoms with van der Waals surface area (Å²) in [5.74, 6) is -0.543. The molecule has 0 aliphatic carbocycles. The molecule has 0 unspecified atom stereocenters. The van der Waals surface area contributed by atoms with Crippen LogP contribution in [0.3, 0.4) is 0 Å². The summed E-state index contributed by atoms with van der Waals surface area (Å²) in [4.78, 5) is 13.1. The van der Waals surface area contributed by atoms with Gasteiger partial charge in [-0.05, 0) is 25.1 Å². The van der Waals surface area contributed by atoms with Crippen LogP contribution in [0.25, 0.3) is 0 Å². The molecular formula is C14H14N4O2. The number of nitrogens with zero attached hydrogens (tertiary/aromatic N) is 4. The van der Waals surface area contributed by atoms with Crippen LogP contribution < -0.4 is 4.90 Å². The number of aryl methyl sites for hydroxylation is 2. The van der Waals surface area contributed by atoms with Crippen LogP contribution in [-0.4, -0.2) is 27.9 Å². The minimum Gasteiger partial charge on any atom is -0.477 e. The number of carboxylic acids is 1. The van der Waals surface area contributed by atoms with Gasteiger partial charge in [0.1, 0.15) is 11.4 Å². The van der Waals surface area contributed by atoms with Crippen molar-refractivity contribution >= 4 is 17.5 Å². The molecule has 0 fully saturated rings. The lowest BCUT2D eigenvalue weighted by Crippen LogP contribution is -2.17. The molecule has 6 heteroatoms. The highest BCUT2D eigenvalue weighted by Gasteiger charge is 2.23. The number of carbonyl (C=O) groups is 1. The Bertz CT molecular complexity index is 712. The summed E-state index contributed by atoms with van der Waals surface area (Å²) in [5.41, 5.74) is 1.87. The Hall–Kier alpha value is -2.81. The third kappa shape index (κ3) is 2.21. The second-order valence-corrected chi connectivity index (χ2v) is 4.43. The van der Waals surface area contributed by atoms with E-state index in [1.165, 1.54) is 4.68 Å². The largest absolute Gasteiger partial charge is 0.477 e. The van der Waals surface area contributed by atoms with E-state index in [1.807, 2.05) is 6.07 Å². The number of hydrogen-bond donors (Lipinski definition) is 1. The summed E-state index contributed by atoms with van der Waals surface area (Å²) in [5, 5.41) is 22.4. The van der Waals surface area contributed by atoms with E-state index in [0.717, 1.165) is 5.69 Å². The van der Waals surface area contributed by atoms with Crippen LogP contribution in [-0.2, 0) is 7.05 Å². The van der Waals surface area contributed by atoms with E-state index < -0.39 is 5.97 Å². The lowest BCUT2D eigenvalue weighted by Gasteiger charge is -2.20. The molecule has 0 amide bonds. The Morgan fingerprint density at radius 3 is 2.80 bits per heavy atom. The van der Waals surface area contributed by atoms with Gasteiger partial charge in [0.05, 0.1) is 17.3 Å². The SMILES string of the molecule is Cc1nn(C)c(N(C)c2cccc(C#N)c2)c1C(=O)O. The fourth-order valence-electron chi connectivity index (χ4n) is 2.19. The van der Waals surface area contributed by atoms with Crippen LogP contribution >= 0.6 is 0 Å². The van der Waals surface area contributed by atoms with Crippen LogP contribution in [0.15, 0.2) is 24.3 Å². The zero-order valence-corrected chi connectivity index (χ0v) is 11.5. The van der Waals surface area contributed by atoms with E-state index in [0.29, 0.717) is 17.1 Å². The quantitative estimate of drug-likeness (QED) is 0.923. The second-order valence-electron chi connectivity index (χ2n) is 4.43. The zero-order chi connectivity index (χ0) is 14.9. The minimum absolute atomic E-state index is 0.164. The second kappa shape index (κ2) is 5.05. The number of benzene rings is 1. The van der Waals surface area contributed by atoms with Gasteiger partial charge in [-0.1, -0.05) is 6.07 Å². The number of carboxylic acid groups (broad SMARTS) is 1. The Morgan fingerprint density at radius 1 is 1.50 bits per heavy atom. The molecule has 0 spiro atoms. The molecule has 0 radical (unpaired) electrons. The van der Waals surface area contributed by atoms with Gasteiger partial charge >= 0.3 is 5.97 Å². The van der Waals surface area contributed by atoms with Crippen molar-refractivity contribution in [2.24, 2.45) is 7.05 Å². The van der Waals surface area contributed by atoms with E-state index in [4.69, 9.17) is 5.26 Å². The Labute approximate surface area is 116 Å². The van der Waals surface area contributed by atoms with Crippen molar-refractivity contribution in [3.63, 3.8) is 0 Å². The molecule has 0 bridgehead atoms. The lowest BCUT2D eigenvalue weighted by molar-refractivity contribution is 0.0697. The van der Waals surface area contributed by atoms with Crippen LogP contribution in [0.5, 0.6) is 0 Å². The van der Waals surface area contributed by atoms with Crippen LogP contribution in [0.1, 0.15) is 21.6 Å². The molecule has 1 N–H and O–H groups in total. The molecule has 1 heterocycles. The van der Waals surface area contributed by atoms with Gasteiger partial charge in [-0.3, -0.25) is 4.68 Å². The molecule has 0 aliphatic heterocycles. The number of aromatic nitrogens is 2. The summed E-state index contributed by atoms with van der Waals surface area (Å²) in [6, 6.07) is 9.04. The van der Waals surface area contributed by atoms with Crippen LogP contribution in [0.2, 0.25) is 0 Å². The van der Waals surface area contributed by atoms with E-state index in [9.17, 15) is 9.90 Å². The first kappa shape index (κ1) is 13.6. The van der Waals surface area contributed by atoms with E-state index >= 15 is 0 Å². The molecule has 1 aromatic heterocycles. The third-order valence-electron chi connectivity index (χ3n) is 3.09. The molecule has 20 heavy (non-hydrogen) atoms. The zero-order valence-electron chi connectivity index (χ0n) is 11.5. The van der Waals surface area contributed by atoms with Crippen molar-refractivity contribution in [3.8, 4) is 6.07 Å². The van der Waals surface area contributed by atoms with Crippen LogP contribution in [0, 0.1) is 18.3 Å². The number of aromatic carboxylic acids is 1. The lowest BCUT2D eigenvalue weighted by atomic mass is 10.2. The monoisotopic (exact) mass is 270 g/mol. The fourth-order valence-corrected chi connectivity index (χ4v) is 2.19. The molecule has 2 aromatic rings. The summed E-state index contributed by atoms with van der Waals surface area (Å²) in [6.45, 7) is 1.66. The highest BCUT2D eigenvalue weighted by atomic mass is 16.4. The van der Waals surface area contributed by atoms with Gasteiger partial charge in [0.25, 0.3) is 0 Å². The molecule has 0 aliphatic rings. The van der Waals surface area contributed by atoms with Gasteiger partial charge in [0.2, 0.25) is 0 Å². The molecule has 0 saturated heterocycles. The summed E-state index contributed by atoms with van der Waals surface area (Å²) in [7, 11) is 3.44. The Kier molecular flexibility index (Phi) is 3.44. The van der Waals surface area contributed by atoms with Crippen molar-refractivity contribution in [2.75, 3.05) is 11.9 Å². The predicted molar refractivity (Wildman–Crippen MR) is 74.1 cm³/mol. The average molecular weight is 270 g/mol. The first-order valence-electron chi connectivity index (χ1n) is 5.96. The highest BCUT2D eigenvalue weighted by molar-refractivity contribution is 5.95. The summed E-state index contributed by atoms with van der Waals surface area (Å²) < 4.78 is 1.53. The number of rotatable bonds is 3. The van der Waals surface area contributed by atoms with Gasteiger partial charge < -0.3 is 10.0 Å². The van der Waals surface area contributed by atoms with Crippen molar-refractivity contribution in [1.29, 1.82) is 5.26 Å². The number of nitriles is 1. The summed E-state index contributed by atoms with van der Waals surface area (Å²) >= 11 is 0. The fraction of sp³-hybridized carbons (Fsp3) is 0.214. The maximum Gasteiger partial charge on any atom is 0.341 e. The maximum atomic E-state index is 11.4. The van der Waals surface area contributed by atoms with Crippen molar-refractivity contribution in [3.05, 3.63) is 41.1 Å². The minimum atomic E-state index is -1.02. The van der Waals surface area contributed by atoms with E-state index in [-0.39, 0.29) is 5.56 Å². The van der Waals surface area contributed by atoms with Crippen LogP contribution in [0.4, 0.5) is 11.5 Å². The normalized spacial score (nSPS) is 10.1. The summed E-state index contributed by atoms with van der Waals surface area (Å²) in [6.07, 6.45) is 0. The van der Waals surface area contributed by atoms with Gasteiger partial charge in [-0.2, -0.15) is 10.4 Å². The average Bonchev–Trinajstić information content (AvgIpc) is 2.72. The van der Waals surface area contributed by atoms with Crippen molar-refractivity contribution in [1.82, 2.24) is 9.78 Å². The molecule has 0 atom stereocenters. The standard InChI is InChI=1S/C14H14N4O2/c1-9-12(14(19)20)13(18(3)16-9)17(2)11-6-4-5-10(7-11)8-15/h4-7H,1-3H3,(H,19,20). The first-order valence-corrected chi connectivity index (χ1v) is 5.96. The topological polar surface area (TPSA) is 82.2 Å². The van der Waals surface area contributed by atoms with Gasteiger partial charge in [-0.15, -0.1) is 0 Å². The van der Waals surface area contributed by atoms with E-state index in [1.54, 1.807) is 44.1 Å². The molecule has 1 aromatic carbocycles. The molecule has 2 rings (SSSR count). The van der Waals surface area contributed by atoms with E-state index in [2.05, 4.69) is 11.2 Å². The highest BCUT2D eigenvalue weighted by Crippen LogP contribution is 2.29. The number of hydrogen-bond acceptors (Lipinski definition) is 4. The molecular weight excluding hydrogens is 256 g/mol. The van der Waals surface area contributed by atoms with Crippen molar-refractivity contribution < 1.29 is 9.90 Å². The number of anilines is 2. The van der Waals surface area contributed by atoms with Crippen molar-refractivity contribution in [2.45, 2.75) is 6.92 Å². The maximum absolute atomic E-state index is 11.4.